The van der Waals surface area contributed by atoms with Gasteiger partial charge in [-0.2, -0.15) is 0 Å². The number of hydrogen-bond acceptors (Lipinski definition) is 4. The van der Waals surface area contributed by atoms with Crippen LogP contribution < -0.4 is 10.5 Å². The van der Waals surface area contributed by atoms with Crippen molar-refractivity contribution in [3.63, 3.8) is 0 Å². The van der Waals surface area contributed by atoms with Crippen LogP contribution in [0, 0.1) is 0 Å². The molecule has 1 unspecified atom stereocenters. The zero-order chi connectivity index (χ0) is 14.8. The Bertz CT molecular complexity index is 387. The number of rotatable bonds is 10. The van der Waals surface area contributed by atoms with Crippen LogP contribution in [-0.4, -0.2) is 39.6 Å². The van der Waals surface area contributed by atoms with Gasteiger partial charge in [0.2, 0.25) is 0 Å². The lowest BCUT2D eigenvalue weighted by Gasteiger charge is -2.13. The van der Waals surface area contributed by atoms with Crippen LogP contribution in [0.25, 0.3) is 0 Å². The predicted octanol–water partition coefficient (Wildman–Crippen LogP) is 2.77. The molecule has 20 heavy (non-hydrogen) atoms. The fourth-order valence-electron chi connectivity index (χ4n) is 1.69. The van der Waals surface area contributed by atoms with Crippen molar-refractivity contribution < 1.29 is 14.2 Å². The highest BCUT2D eigenvalue weighted by atomic mass is 79.9. The summed E-state index contributed by atoms with van der Waals surface area (Å²) in [6.45, 7) is 4.39. The first-order valence-corrected chi connectivity index (χ1v) is 7.70. The minimum atomic E-state index is 0.180. The van der Waals surface area contributed by atoms with Gasteiger partial charge in [0.1, 0.15) is 12.4 Å². The molecular formula is C15H24BrNO3. The molecule has 1 aromatic carbocycles. The van der Waals surface area contributed by atoms with Crippen molar-refractivity contribution in [3.8, 4) is 5.75 Å². The van der Waals surface area contributed by atoms with Crippen molar-refractivity contribution in [2.75, 3.05) is 33.5 Å². The van der Waals surface area contributed by atoms with E-state index in [2.05, 4.69) is 22.9 Å². The highest BCUT2D eigenvalue weighted by molar-refractivity contribution is 9.10. The fraction of sp³-hybridized carbons (Fsp3) is 0.600. The lowest BCUT2D eigenvalue weighted by molar-refractivity contribution is 0.0544. The minimum Gasteiger partial charge on any atom is -0.491 e. The largest absolute Gasteiger partial charge is 0.491 e. The van der Waals surface area contributed by atoms with E-state index in [0.29, 0.717) is 26.4 Å². The first-order valence-electron chi connectivity index (χ1n) is 6.90. The highest BCUT2D eigenvalue weighted by Gasteiger charge is 2.07. The van der Waals surface area contributed by atoms with E-state index in [0.717, 1.165) is 23.1 Å². The van der Waals surface area contributed by atoms with E-state index in [1.807, 2.05) is 18.2 Å². The Hall–Kier alpha value is -0.620. The molecule has 0 spiro atoms. The maximum absolute atomic E-state index is 6.00. The van der Waals surface area contributed by atoms with Crippen molar-refractivity contribution in [1.82, 2.24) is 0 Å². The molecule has 0 bridgehead atoms. The molecule has 4 nitrogen and oxygen atoms in total. The summed E-state index contributed by atoms with van der Waals surface area (Å²) in [7, 11) is 1.66. The topological polar surface area (TPSA) is 53.7 Å². The fourth-order valence-corrected chi connectivity index (χ4v) is 2.10. The lowest BCUT2D eigenvalue weighted by Crippen LogP contribution is -2.21. The van der Waals surface area contributed by atoms with Gasteiger partial charge in [0.25, 0.3) is 0 Å². The summed E-state index contributed by atoms with van der Waals surface area (Å²) >= 11 is 3.55. The van der Waals surface area contributed by atoms with Gasteiger partial charge < -0.3 is 19.9 Å². The monoisotopic (exact) mass is 345 g/mol. The molecule has 0 amide bonds. The number of hydrogen-bond donors (Lipinski definition) is 1. The van der Waals surface area contributed by atoms with E-state index in [4.69, 9.17) is 19.9 Å². The Morgan fingerprint density at radius 1 is 1.20 bits per heavy atom. The van der Waals surface area contributed by atoms with Crippen molar-refractivity contribution >= 4 is 15.9 Å². The molecule has 2 N–H and O–H groups in total. The van der Waals surface area contributed by atoms with Crippen molar-refractivity contribution in [2.24, 2.45) is 5.73 Å². The summed E-state index contributed by atoms with van der Waals surface area (Å²) in [6.07, 6.45) is 1.81. The maximum Gasteiger partial charge on any atom is 0.119 e. The average molecular weight is 346 g/mol. The molecule has 114 valence electrons. The van der Waals surface area contributed by atoms with Gasteiger partial charge in [-0.15, -0.1) is 0 Å². The molecule has 0 aliphatic rings. The second-order valence-corrected chi connectivity index (χ2v) is 5.43. The Morgan fingerprint density at radius 3 is 2.65 bits per heavy atom. The molecular weight excluding hydrogens is 322 g/mol. The molecule has 0 radical (unpaired) electrons. The van der Waals surface area contributed by atoms with Crippen LogP contribution >= 0.6 is 15.9 Å². The number of methoxy groups -OCH3 is 1. The third kappa shape index (κ3) is 6.70. The van der Waals surface area contributed by atoms with E-state index in [9.17, 15) is 0 Å². The quantitative estimate of drug-likeness (QED) is 0.662. The third-order valence-corrected chi connectivity index (χ3v) is 3.73. The molecule has 5 heteroatoms. The smallest absolute Gasteiger partial charge is 0.119 e. The minimum absolute atomic E-state index is 0.180. The van der Waals surface area contributed by atoms with Crippen LogP contribution in [0.2, 0.25) is 0 Å². The number of halogens is 1. The van der Waals surface area contributed by atoms with Crippen LogP contribution in [0.1, 0.15) is 18.9 Å². The Balaban J connectivity index is 2.40. The molecule has 0 aliphatic carbocycles. The zero-order valence-electron chi connectivity index (χ0n) is 12.2. The lowest BCUT2D eigenvalue weighted by atomic mass is 10.0. The third-order valence-electron chi connectivity index (χ3n) is 2.95. The van der Waals surface area contributed by atoms with Crippen LogP contribution in [-0.2, 0) is 15.9 Å². The van der Waals surface area contributed by atoms with E-state index < -0.39 is 0 Å². The van der Waals surface area contributed by atoms with E-state index in [-0.39, 0.29) is 6.04 Å². The van der Waals surface area contributed by atoms with Gasteiger partial charge in [-0.3, -0.25) is 0 Å². The number of ether oxygens (including phenoxy) is 3. The normalized spacial score (nSPS) is 12.4. The molecule has 0 aliphatic heterocycles. The summed E-state index contributed by atoms with van der Waals surface area (Å²) in [4.78, 5) is 0. The van der Waals surface area contributed by atoms with Gasteiger partial charge in [-0.25, -0.2) is 0 Å². The van der Waals surface area contributed by atoms with E-state index in [1.165, 1.54) is 5.56 Å². The highest BCUT2D eigenvalue weighted by Crippen LogP contribution is 2.24. The van der Waals surface area contributed by atoms with Crippen LogP contribution in [0.5, 0.6) is 5.75 Å². The zero-order valence-corrected chi connectivity index (χ0v) is 13.8. The summed E-state index contributed by atoms with van der Waals surface area (Å²) in [5, 5.41) is 0. The van der Waals surface area contributed by atoms with E-state index in [1.54, 1.807) is 7.11 Å². The number of benzene rings is 1. The standard InChI is InChI=1S/C15H24BrNO3/c1-3-13(17)10-12-11-14(4-5-15(12)16)20-9-8-19-7-6-18-2/h4-5,11,13H,3,6-10,17H2,1-2H3. The summed E-state index contributed by atoms with van der Waals surface area (Å²) in [5.74, 6) is 0.849. The molecule has 0 heterocycles. The molecule has 0 aromatic heterocycles. The Kier molecular flexibility index (Phi) is 8.85. The summed E-state index contributed by atoms with van der Waals surface area (Å²) in [5.41, 5.74) is 7.18. The first-order chi connectivity index (χ1) is 9.67. The maximum atomic E-state index is 6.00. The van der Waals surface area contributed by atoms with E-state index >= 15 is 0 Å². The second kappa shape index (κ2) is 10.2. The van der Waals surface area contributed by atoms with Gasteiger partial charge in [0, 0.05) is 17.6 Å². The molecule has 0 fully saturated rings. The Morgan fingerprint density at radius 2 is 1.95 bits per heavy atom. The van der Waals surface area contributed by atoms with Gasteiger partial charge in [0.15, 0.2) is 0 Å². The van der Waals surface area contributed by atoms with Crippen LogP contribution in [0.4, 0.5) is 0 Å². The predicted molar refractivity (Wildman–Crippen MR) is 84.3 cm³/mol. The van der Waals surface area contributed by atoms with Crippen LogP contribution in [0.15, 0.2) is 22.7 Å². The number of nitrogens with two attached hydrogens (primary N) is 1. The molecule has 0 saturated heterocycles. The summed E-state index contributed by atoms with van der Waals surface area (Å²) < 4.78 is 17.0. The van der Waals surface area contributed by atoms with Crippen LogP contribution in [0.3, 0.4) is 0 Å². The SMILES string of the molecule is CCC(N)Cc1cc(OCCOCCOC)ccc1Br. The molecule has 1 rings (SSSR count). The van der Waals surface area contributed by atoms with Gasteiger partial charge >= 0.3 is 0 Å². The molecule has 0 saturated carbocycles. The van der Waals surface area contributed by atoms with Gasteiger partial charge in [0.05, 0.1) is 19.8 Å². The Labute approximate surface area is 129 Å². The van der Waals surface area contributed by atoms with Crippen molar-refractivity contribution in [1.29, 1.82) is 0 Å². The van der Waals surface area contributed by atoms with Crippen molar-refractivity contribution in [2.45, 2.75) is 25.8 Å². The van der Waals surface area contributed by atoms with Gasteiger partial charge in [-0.1, -0.05) is 22.9 Å². The van der Waals surface area contributed by atoms with Crippen molar-refractivity contribution in [3.05, 3.63) is 28.2 Å². The summed E-state index contributed by atoms with van der Waals surface area (Å²) in [6, 6.07) is 6.16. The van der Waals surface area contributed by atoms with Gasteiger partial charge in [-0.05, 0) is 36.6 Å². The second-order valence-electron chi connectivity index (χ2n) is 4.58. The first kappa shape index (κ1) is 17.4. The molecule has 1 aromatic rings. The molecule has 1 atom stereocenters. The average Bonchev–Trinajstić information content (AvgIpc) is 2.45.